The third-order valence-electron chi connectivity index (χ3n) is 1.90. The average Bonchev–Trinajstić information content (AvgIpc) is 2.24. The van der Waals surface area contributed by atoms with E-state index in [-0.39, 0.29) is 5.82 Å². The lowest BCUT2D eigenvalue weighted by Gasteiger charge is -2.07. The molecule has 0 aliphatic rings. The van der Waals surface area contributed by atoms with Crippen molar-refractivity contribution < 1.29 is 14.3 Å². The number of nitrogens with two attached hydrogens (primary N) is 1. The van der Waals surface area contributed by atoms with Crippen LogP contribution in [0.3, 0.4) is 0 Å². The lowest BCUT2D eigenvalue weighted by Crippen LogP contribution is -2.32. The molecule has 1 aromatic rings. The summed E-state index contributed by atoms with van der Waals surface area (Å²) in [5, 5.41) is 8.57. The molecule has 3 nitrogen and oxygen atoms in total. The van der Waals surface area contributed by atoms with Gasteiger partial charge in [0.2, 0.25) is 0 Å². The molecule has 3 N–H and O–H groups in total. The number of carboxylic acids is 1. The summed E-state index contributed by atoms with van der Waals surface area (Å²) in [5.74, 6) is -0.510. The summed E-state index contributed by atoms with van der Waals surface area (Å²) in [4.78, 5) is 10.5. The molecule has 1 atom stereocenters. The normalized spacial score (nSPS) is 12.4. The van der Waals surface area contributed by atoms with Crippen LogP contribution in [0.4, 0.5) is 4.39 Å². The van der Waals surface area contributed by atoms with Crippen LogP contribution in [0.1, 0.15) is 5.56 Å². The van der Waals surface area contributed by atoms with Gasteiger partial charge in [-0.15, -0.1) is 0 Å². The zero-order chi connectivity index (χ0) is 12.1. The lowest BCUT2D eigenvalue weighted by molar-refractivity contribution is -0.137. The van der Waals surface area contributed by atoms with Crippen molar-refractivity contribution in [2.75, 3.05) is 5.75 Å². The second-order valence-electron chi connectivity index (χ2n) is 3.17. The Morgan fingerprint density at radius 1 is 1.62 bits per heavy atom. The molecular weight excluding hydrogens is 297 g/mol. The quantitative estimate of drug-likeness (QED) is 0.875. The van der Waals surface area contributed by atoms with Gasteiger partial charge in [0, 0.05) is 11.5 Å². The Hall–Kier alpha value is -0.590. The molecule has 1 aromatic carbocycles. The Labute approximate surface area is 105 Å². The topological polar surface area (TPSA) is 63.3 Å². The average molecular weight is 308 g/mol. The standard InChI is InChI=1S/C10H11BrFNO2S/c11-9-6(2-1-3-7(9)12)4-16-5-8(13)10(14)15/h1-3,8H,4-5,13H2,(H,14,15)/t8-/m0/s1. The third kappa shape index (κ3) is 3.77. The highest BCUT2D eigenvalue weighted by molar-refractivity contribution is 9.10. The molecule has 0 spiro atoms. The van der Waals surface area contributed by atoms with Gasteiger partial charge in [0.25, 0.3) is 0 Å². The van der Waals surface area contributed by atoms with Gasteiger partial charge in [-0.25, -0.2) is 4.39 Å². The molecule has 0 fully saturated rings. The molecule has 0 radical (unpaired) electrons. The largest absolute Gasteiger partial charge is 0.480 e. The van der Waals surface area contributed by atoms with Gasteiger partial charge in [-0.2, -0.15) is 11.8 Å². The van der Waals surface area contributed by atoms with Crippen LogP contribution in [0.5, 0.6) is 0 Å². The van der Waals surface area contributed by atoms with Crippen molar-refractivity contribution in [1.82, 2.24) is 0 Å². The predicted octanol–water partition coefficient (Wildman–Crippen LogP) is 2.23. The van der Waals surface area contributed by atoms with Crippen molar-refractivity contribution in [3.8, 4) is 0 Å². The first kappa shape index (κ1) is 13.5. The summed E-state index contributed by atoms with van der Waals surface area (Å²) < 4.78 is 13.5. The molecule has 0 amide bonds. The molecule has 88 valence electrons. The van der Waals surface area contributed by atoms with Crippen molar-refractivity contribution in [3.63, 3.8) is 0 Å². The fraction of sp³-hybridized carbons (Fsp3) is 0.300. The van der Waals surface area contributed by atoms with Gasteiger partial charge in [-0.3, -0.25) is 4.79 Å². The Morgan fingerprint density at radius 2 is 2.31 bits per heavy atom. The fourth-order valence-electron chi connectivity index (χ4n) is 1.03. The first-order chi connectivity index (χ1) is 7.52. The van der Waals surface area contributed by atoms with Crippen LogP contribution < -0.4 is 5.73 Å². The van der Waals surface area contributed by atoms with E-state index in [1.54, 1.807) is 12.1 Å². The molecular formula is C10H11BrFNO2S. The van der Waals surface area contributed by atoms with Gasteiger partial charge < -0.3 is 10.8 Å². The second kappa shape index (κ2) is 6.22. The summed E-state index contributed by atoms with van der Waals surface area (Å²) in [7, 11) is 0. The van der Waals surface area contributed by atoms with E-state index in [4.69, 9.17) is 10.8 Å². The molecule has 6 heteroatoms. The van der Waals surface area contributed by atoms with E-state index in [0.717, 1.165) is 5.56 Å². The van der Waals surface area contributed by atoms with Gasteiger partial charge in [0.1, 0.15) is 11.9 Å². The highest BCUT2D eigenvalue weighted by atomic mass is 79.9. The number of carboxylic acid groups (broad SMARTS) is 1. The molecule has 0 heterocycles. The molecule has 0 saturated heterocycles. The van der Waals surface area contributed by atoms with Crippen LogP contribution in [-0.2, 0) is 10.5 Å². The minimum atomic E-state index is -1.02. The van der Waals surface area contributed by atoms with Crippen LogP contribution in [-0.4, -0.2) is 22.9 Å². The van der Waals surface area contributed by atoms with Gasteiger partial charge in [-0.1, -0.05) is 12.1 Å². The summed E-state index contributed by atoms with van der Waals surface area (Å²) in [6, 6.07) is 3.89. The summed E-state index contributed by atoms with van der Waals surface area (Å²) in [6.45, 7) is 0. The number of hydrogen-bond acceptors (Lipinski definition) is 3. The summed E-state index contributed by atoms with van der Waals surface area (Å²) in [6.07, 6.45) is 0. The molecule has 0 aliphatic carbocycles. The number of halogens is 2. The van der Waals surface area contributed by atoms with E-state index in [1.807, 2.05) is 0 Å². The monoisotopic (exact) mass is 307 g/mol. The van der Waals surface area contributed by atoms with Crippen LogP contribution in [0.2, 0.25) is 0 Å². The third-order valence-corrected chi connectivity index (χ3v) is 3.90. The molecule has 16 heavy (non-hydrogen) atoms. The van der Waals surface area contributed by atoms with Crippen molar-refractivity contribution in [1.29, 1.82) is 0 Å². The number of aliphatic carboxylic acids is 1. The zero-order valence-corrected chi connectivity index (χ0v) is 10.7. The number of benzene rings is 1. The van der Waals surface area contributed by atoms with Crippen LogP contribution in [0.15, 0.2) is 22.7 Å². The van der Waals surface area contributed by atoms with Crippen LogP contribution in [0, 0.1) is 5.82 Å². The highest BCUT2D eigenvalue weighted by Crippen LogP contribution is 2.24. The van der Waals surface area contributed by atoms with Gasteiger partial charge in [0.15, 0.2) is 0 Å². The SMILES string of the molecule is N[C@@H](CSCc1cccc(F)c1Br)C(=O)O. The Morgan fingerprint density at radius 3 is 2.94 bits per heavy atom. The number of hydrogen-bond donors (Lipinski definition) is 2. The van der Waals surface area contributed by atoms with E-state index in [2.05, 4.69) is 15.9 Å². The summed E-state index contributed by atoms with van der Waals surface area (Å²) >= 11 is 4.50. The maximum Gasteiger partial charge on any atom is 0.321 e. The van der Waals surface area contributed by atoms with E-state index >= 15 is 0 Å². The van der Waals surface area contributed by atoms with E-state index in [1.165, 1.54) is 17.8 Å². The first-order valence-corrected chi connectivity index (χ1v) is 6.46. The van der Waals surface area contributed by atoms with Crippen LogP contribution in [0.25, 0.3) is 0 Å². The zero-order valence-electron chi connectivity index (χ0n) is 8.32. The van der Waals surface area contributed by atoms with E-state index < -0.39 is 12.0 Å². The number of carbonyl (C=O) groups is 1. The van der Waals surface area contributed by atoms with E-state index in [0.29, 0.717) is 16.0 Å². The number of thioether (sulfide) groups is 1. The van der Waals surface area contributed by atoms with Crippen molar-refractivity contribution in [3.05, 3.63) is 34.1 Å². The van der Waals surface area contributed by atoms with Crippen LogP contribution >= 0.6 is 27.7 Å². The fourth-order valence-corrected chi connectivity index (χ4v) is 2.59. The van der Waals surface area contributed by atoms with Gasteiger partial charge in [-0.05, 0) is 27.6 Å². The minimum Gasteiger partial charge on any atom is -0.480 e. The second-order valence-corrected chi connectivity index (χ2v) is 5.00. The predicted molar refractivity (Wildman–Crippen MR) is 65.9 cm³/mol. The Bertz CT molecular complexity index is 389. The minimum absolute atomic E-state index is 0.304. The maximum atomic E-state index is 13.1. The molecule has 0 aliphatic heterocycles. The molecule has 0 aromatic heterocycles. The highest BCUT2D eigenvalue weighted by Gasteiger charge is 2.12. The smallest absolute Gasteiger partial charge is 0.321 e. The van der Waals surface area contributed by atoms with Crippen molar-refractivity contribution in [2.45, 2.75) is 11.8 Å². The molecule has 0 bridgehead atoms. The van der Waals surface area contributed by atoms with E-state index in [9.17, 15) is 9.18 Å². The molecule has 0 unspecified atom stereocenters. The molecule has 1 rings (SSSR count). The van der Waals surface area contributed by atoms with Gasteiger partial charge >= 0.3 is 5.97 Å². The summed E-state index contributed by atoms with van der Waals surface area (Å²) in [5.41, 5.74) is 6.14. The first-order valence-electron chi connectivity index (χ1n) is 4.51. The lowest BCUT2D eigenvalue weighted by atomic mass is 10.2. The number of rotatable bonds is 5. The van der Waals surface area contributed by atoms with Crippen molar-refractivity contribution in [2.24, 2.45) is 5.73 Å². The van der Waals surface area contributed by atoms with Gasteiger partial charge in [0.05, 0.1) is 4.47 Å². The van der Waals surface area contributed by atoms with Crippen molar-refractivity contribution >= 4 is 33.7 Å². The molecule has 0 saturated carbocycles. The Balaban J connectivity index is 2.49. The maximum absolute atomic E-state index is 13.1. The Kier molecular flexibility index (Phi) is 5.24.